The molecule has 0 amide bonds. The lowest BCUT2D eigenvalue weighted by molar-refractivity contribution is 0.0255. The fourth-order valence-electron chi connectivity index (χ4n) is 2.42. The monoisotopic (exact) mass is 378 g/mol. The van der Waals surface area contributed by atoms with Crippen LogP contribution in [0, 0.1) is 5.92 Å². The van der Waals surface area contributed by atoms with Crippen molar-refractivity contribution >= 4 is 21.7 Å². The van der Waals surface area contributed by atoms with E-state index in [2.05, 4.69) is 0 Å². The summed E-state index contributed by atoms with van der Waals surface area (Å²) >= 11 is 6.25. The van der Waals surface area contributed by atoms with Crippen molar-refractivity contribution in [2.45, 2.75) is 32.0 Å². The van der Waals surface area contributed by atoms with Gasteiger partial charge in [0.2, 0.25) is 0 Å². The molecule has 2 rings (SSSR count). The van der Waals surface area contributed by atoms with Gasteiger partial charge in [-0.2, -0.15) is 8.42 Å². The van der Waals surface area contributed by atoms with Crippen molar-refractivity contribution in [1.82, 2.24) is 0 Å². The molecule has 0 aliphatic carbocycles. The van der Waals surface area contributed by atoms with Crippen LogP contribution in [0.5, 0.6) is 5.75 Å². The second kappa shape index (κ2) is 8.49. The van der Waals surface area contributed by atoms with Gasteiger partial charge < -0.3 is 14.6 Å². The number of hydrogen-bond acceptors (Lipinski definition) is 6. The van der Waals surface area contributed by atoms with Crippen molar-refractivity contribution < 1.29 is 27.2 Å². The van der Waals surface area contributed by atoms with Gasteiger partial charge in [0.15, 0.2) is 0 Å². The summed E-state index contributed by atoms with van der Waals surface area (Å²) in [5, 5.41) is 10.7. The normalized spacial score (nSPS) is 19.0. The first-order chi connectivity index (χ1) is 11.3. The van der Waals surface area contributed by atoms with Gasteiger partial charge in [-0.15, -0.1) is 0 Å². The van der Waals surface area contributed by atoms with E-state index in [9.17, 15) is 13.5 Å². The van der Waals surface area contributed by atoms with E-state index >= 15 is 0 Å². The Morgan fingerprint density at radius 3 is 2.62 bits per heavy atom. The molecule has 136 valence electrons. The Morgan fingerprint density at radius 1 is 1.38 bits per heavy atom. The molecule has 1 aromatic carbocycles. The van der Waals surface area contributed by atoms with Crippen LogP contribution >= 0.6 is 11.6 Å². The number of hydrogen-bond donors (Lipinski definition) is 1. The van der Waals surface area contributed by atoms with Crippen molar-refractivity contribution in [3.8, 4) is 5.75 Å². The van der Waals surface area contributed by atoms with Crippen LogP contribution in [0.25, 0.3) is 0 Å². The van der Waals surface area contributed by atoms with Gasteiger partial charge in [-0.05, 0) is 17.7 Å². The highest BCUT2D eigenvalue weighted by Gasteiger charge is 2.21. The lowest BCUT2D eigenvalue weighted by Gasteiger charge is -2.24. The smallest absolute Gasteiger partial charge is 0.264 e. The average Bonchev–Trinajstić information content (AvgIpc) is 2.54. The summed E-state index contributed by atoms with van der Waals surface area (Å²) in [5.74, 6) is 0.164. The zero-order valence-corrected chi connectivity index (χ0v) is 15.3. The second-order valence-corrected chi connectivity index (χ2v) is 8.08. The molecule has 24 heavy (non-hydrogen) atoms. The fraction of sp³-hybridized carbons (Fsp3) is 0.625. The molecule has 1 saturated heterocycles. The predicted octanol–water partition coefficient (Wildman–Crippen LogP) is 2.54. The maximum atomic E-state index is 11.0. The number of aliphatic hydroxyl groups is 1. The summed E-state index contributed by atoms with van der Waals surface area (Å²) in [7, 11) is -3.53. The van der Waals surface area contributed by atoms with Gasteiger partial charge in [0.25, 0.3) is 10.1 Å². The number of benzene rings is 1. The molecular formula is C16H23ClO6S. The molecule has 8 heteroatoms. The maximum Gasteiger partial charge on any atom is 0.264 e. The molecule has 1 aliphatic heterocycles. The van der Waals surface area contributed by atoms with Crippen molar-refractivity contribution in [3.05, 3.63) is 28.8 Å². The SMILES string of the molecule is C[C@H](COS(C)(=O)=O)C(O)c1ccc(OC2CCOCC2)c(Cl)c1. The number of halogens is 1. The second-order valence-electron chi connectivity index (χ2n) is 6.03. The Balaban J connectivity index is 1.99. The molecule has 1 aliphatic rings. The summed E-state index contributed by atoms with van der Waals surface area (Å²) in [4.78, 5) is 0. The fourth-order valence-corrected chi connectivity index (χ4v) is 3.12. The van der Waals surface area contributed by atoms with Crippen molar-refractivity contribution in [3.63, 3.8) is 0 Å². The molecule has 0 saturated carbocycles. The van der Waals surface area contributed by atoms with E-state index in [1.54, 1.807) is 25.1 Å². The highest BCUT2D eigenvalue weighted by molar-refractivity contribution is 7.85. The van der Waals surface area contributed by atoms with Crippen LogP contribution in [-0.4, -0.2) is 45.7 Å². The minimum atomic E-state index is -3.53. The molecule has 6 nitrogen and oxygen atoms in total. The Kier molecular flexibility index (Phi) is 6.88. The Morgan fingerprint density at radius 2 is 2.04 bits per heavy atom. The van der Waals surface area contributed by atoms with E-state index in [1.165, 1.54) is 0 Å². The minimum Gasteiger partial charge on any atom is -0.489 e. The third kappa shape index (κ3) is 5.89. The standard InChI is InChI=1S/C16H23ClO6S/c1-11(10-22-24(2,19)20)16(18)12-3-4-15(14(17)9-12)23-13-5-7-21-8-6-13/h3-4,9,11,13,16,18H,5-8,10H2,1-2H3/t11-,16?/m1/s1. The molecule has 0 bridgehead atoms. The van der Waals surface area contributed by atoms with Gasteiger partial charge in [-0.25, -0.2) is 0 Å². The summed E-state index contributed by atoms with van der Waals surface area (Å²) < 4.78 is 38.0. The topological polar surface area (TPSA) is 82.1 Å². The van der Waals surface area contributed by atoms with E-state index < -0.39 is 22.1 Å². The molecule has 0 aromatic heterocycles. The lowest BCUT2D eigenvalue weighted by Crippen LogP contribution is -2.26. The number of rotatable bonds is 7. The number of aliphatic hydroxyl groups excluding tert-OH is 1. The van der Waals surface area contributed by atoms with Gasteiger partial charge in [0.1, 0.15) is 11.9 Å². The van der Waals surface area contributed by atoms with Crippen molar-refractivity contribution in [1.29, 1.82) is 0 Å². The predicted molar refractivity (Wildman–Crippen MR) is 90.8 cm³/mol. The van der Waals surface area contributed by atoms with Crippen LogP contribution in [0.1, 0.15) is 31.4 Å². The van der Waals surface area contributed by atoms with Crippen LogP contribution < -0.4 is 4.74 Å². The molecular weight excluding hydrogens is 356 g/mol. The van der Waals surface area contributed by atoms with Crippen LogP contribution in [0.4, 0.5) is 0 Å². The lowest BCUT2D eigenvalue weighted by atomic mass is 9.98. The summed E-state index contributed by atoms with van der Waals surface area (Å²) in [6.45, 7) is 2.96. The van der Waals surface area contributed by atoms with E-state index in [4.69, 9.17) is 25.3 Å². The molecule has 2 atom stereocenters. The highest BCUT2D eigenvalue weighted by atomic mass is 35.5. The summed E-state index contributed by atoms with van der Waals surface area (Å²) in [5.41, 5.74) is 0.587. The van der Waals surface area contributed by atoms with Crippen molar-refractivity contribution in [2.24, 2.45) is 5.92 Å². The maximum absolute atomic E-state index is 11.0. The Labute approximate surface area is 147 Å². The third-order valence-electron chi connectivity index (χ3n) is 3.84. The molecule has 1 heterocycles. The van der Waals surface area contributed by atoms with E-state index in [-0.39, 0.29) is 12.7 Å². The van der Waals surface area contributed by atoms with Crippen LogP contribution in [0.15, 0.2) is 18.2 Å². The van der Waals surface area contributed by atoms with Gasteiger partial charge in [0, 0.05) is 18.8 Å². The average molecular weight is 379 g/mol. The largest absolute Gasteiger partial charge is 0.489 e. The molecule has 1 unspecified atom stereocenters. The van der Waals surface area contributed by atoms with Crippen molar-refractivity contribution in [2.75, 3.05) is 26.1 Å². The van der Waals surface area contributed by atoms with Crippen LogP contribution in [-0.2, 0) is 19.0 Å². The third-order valence-corrected chi connectivity index (χ3v) is 4.70. The van der Waals surface area contributed by atoms with E-state index in [0.717, 1.165) is 19.1 Å². The minimum absolute atomic E-state index is 0.0779. The van der Waals surface area contributed by atoms with Gasteiger partial charge >= 0.3 is 0 Å². The summed E-state index contributed by atoms with van der Waals surface area (Å²) in [6, 6.07) is 5.08. The highest BCUT2D eigenvalue weighted by Crippen LogP contribution is 2.32. The van der Waals surface area contributed by atoms with Crippen LogP contribution in [0.2, 0.25) is 5.02 Å². The van der Waals surface area contributed by atoms with E-state index in [1.807, 2.05) is 0 Å². The zero-order valence-electron chi connectivity index (χ0n) is 13.8. The van der Waals surface area contributed by atoms with Gasteiger partial charge in [-0.3, -0.25) is 4.18 Å². The first-order valence-electron chi connectivity index (χ1n) is 7.82. The van der Waals surface area contributed by atoms with E-state index in [0.29, 0.717) is 29.5 Å². The molecule has 0 radical (unpaired) electrons. The van der Waals surface area contributed by atoms with Gasteiger partial charge in [-0.1, -0.05) is 24.6 Å². The quantitative estimate of drug-likeness (QED) is 0.734. The van der Waals surface area contributed by atoms with Gasteiger partial charge in [0.05, 0.1) is 37.2 Å². The first-order valence-corrected chi connectivity index (χ1v) is 10.0. The summed E-state index contributed by atoms with van der Waals surface area (Å²) in [6.07, 6.45) is 1.81. The molecule has 1 aromatic rings. The molecule has 1 fully saturated rings. The first kappa shape index (κ1) is 19.5. The number of ether oxygens (including phenoxy) is 2. The zero-order chi connectivity index (χ0) is 17.7. The molecule has 0 spiro atoms. The molecule has 1 N–H and O–H groups in total. The Hall–Kier alpha value is -0.860. The van der Waals surface area contributed by atoms with Crippen LogP contribution in [0.3, 0.4) is 0 Å². The Bertz CT molecular complexity index is 642.